The van der Waals surface area contributed by atoms with E-state index in [4.69, 9.17) is 10.2 Å². The summed E-state index contributed by atoms with van der Waals surface area (Å²) in [4.78, 5) is 44.0. The van der Waals surface area contributed by atoms with Gasteiger partial charge < -0.3 is 25.2 Å². The number of aldehydes is 1. The topological polar surface area (TPSA) is 119 Å². The molecule has 2 unspecified atom stereocenters. The first-order valence-electron chi connectivity index (χ1n) is 12.3. The van der Waals surface area contributed by atoms with Crippen LogP contribution in [0.15, 0.2) is 47.3 Å². The molecule has 190 valence electrons. The highest BCUT2D eigenvalue weighted by Gasteiger charge is 2.43. The fraction of sp³-hybridized carbons (Fsp3) is 0.556. The van der Waals surface area contributed by atoms with Gasteiger partial charge in [-0.2, -0.15) is 0 Å². The Morgan fingerprint density at radius 1 is 1.17 bits per heavy atom. The number of hydrogen-bond donors (Lipinski definition) is 2. The van der Waals surface area contributed by atoms with Crippen LogP contribution in [0.1, 0.15) is 69.7 Å². The molecule has 0 radical (unpaired) electrons. The Hall–Kier alpha value is -3.00. The summed E-state index contributed by atoms with van der Waals surface area (Å²) in [5.41, 5.74) is 7.12. The van der Waals surface area contributed by atoms with Gasteiger partial charge in [0, 0.05) is 25.4 Å². The smallest absolute Gasteiger partial charge is 0.243 e. The van der Waals surface area contributed by atoms with Crippen molar-refractivity contribution in [2.24, 2.45) is 17.6 Å². The van der Waals surface area contributed by atoms with Gasteiger partial charge >= 0.3 is 0 Å². The van der Waals surface area contributed by atoms with Crippen LogP contribution in [0.5, 0.6) is 0 Å². The van der Waals surface area contributed by atoms with Crippen molar-refractivity contribution < 1.29 is 18.8 Å². The third-order valence-electron chi connectivity index (χ3n) is 7.27. The average Bonchev–Trinajstić information content (AvgIpc) is 3.56. The molecule has 3 N–H and O–H groups in total. The Morgan fingerprint density at radius 3 is 2.57 bits per heavy atom. The van der Waals surface area contributed by atoms with E-state index < -0.39 is 18.1 Å². The molecule has 2 aliphatic rings. The minimum Gasteiger partial charge on any atom is -0.468 e. The predicted molar refractivity (Wildman–Crippen MR) is 133 cm³/mol. The Balaban J connectivity index is 0.00000342. The Bertz CT molecular complexity index is 943. The number of aromatic nitrogens is 1. The molecule has 1 aliphatic carbocycles. The summed E-state index contributed by atoms with van der Waals surface area (Å²) >= 11 is 0. The number of carbonyl (C=O) groups excluding carboxylic acids is 3. The normalized spacial score (nSPS) is 22.1. The highest BCUT2D eigenvalue weighted by molar-refractivity contribution is 5.90. The lowest BCUT2D eigenvalue weighted by molar-refractivity contribution is -0.139. The fourth-order valence-electron chi connectivity index (χ4n) is 5.43. The van der Waals surface area contributed by atoms with Gasteiger partial charge in [-0.25, -0.2) is 0 Å². The Morgan fingerprint density at radius 2 is 1.91 bits per heavy atom. The van der Waals surface area contributed by atoms with E-state index in [0.29, 0.717) is 31.1 Å². The number of nitrogens with two attached hydrogens (primary N) is 1. The molecule has 1 saturated heterocycles. The van der Waals surface area contributed by atoms with Crippen LogP contribution >= 0.6 is 0 Å². The zero-order chi connectivity index (χ0) is 23.9. The first-order chi connectivity index (χ1) is 16.5. The van der Waals surface area contributed by atoms with Crippen LogP contribution < -0.4 is 11.1 Å². The molecule has 2 aromatic heterocycles. The van der Waals surface area contributed by atoms with Crippen molar-refractivity contribution in [2.45, 2.75) is 76.9 Å². The maximum atomic E-state index is 13.3. The Labute approximate surface area is 207 Å². The largest absolute Gasteiger partial charge is 0.468 e. The Kier molecular flexibility index (Phi) is 9.60. The van der Waals surface area contributed by atoms with Crippen LogP contribution in [0.25, 0.3) is 0 Å². The molecule has 0 spiro atoms. The summed E-state index contributed by atoms with van der Waals surface area (Å²) in [6, 6.07) is 5.33. The van der Waals surface area contributed by atoms with Crippen LogP contribution in [-0.4, -0.2) is 46.6 Å². The molecule has 4 atom stereocenters. The number of furan rings is 1. The van der Waals surface area contributed by atoms with Crippen LogP contribution in [0.2, 0.25) is 0 Å². The zero-order valence-corrected chi connectivity index (χ0v) is 19.5. The minimum absolute atomic E-state index is 0. The highest BCUT2D eigenvalue weighted by Crippen LogP contribution is 2.38. The van der Waals surface area contributed by atoms with Crippen LogP contribution in [-0.2, 0) is 20.8 Å². The van der Waals surface area contributed by atoms with E-state index in [1.807, 2.05) is 12.1 Å². The summed E-state index contributed by atoms with van der Waals surface area (Å²) in [6.07, 6.45) is 12.6. The summed E-state index contributed by atoms with van der Waals surface area (Å²) in [7, 11) is 0. The van der Waals surface area contributed by atoms with Crippen LogP contribution in [0.3, 0.4) is 0 Å². The van der Waals surface area contributed by atoms with Gasteiger partial charge in [0.25, 0.3) is 0 Å². The first kappa shape index (κ1) is 26.6. The number of nitrogens with one attached hydrogen (secondary N) is 1. The van der Waals surface area contributed by atoms with Crippen molar-refractivity contribution in [3.8, 4) is 0 Å². The molecule has 4 rings (SSSR count). The second-order valence-electron chi connectivity index (χ2n) is 9.59. The fourth-order valence-corrected chi connectivity index (χ4v) is 5.43. The first-order valence-corrected chi connectivity index (χ1v) is 12.3. The number of likely N-dealkylation sites (tertiary alicyclic amines) is 1. The van der Waals surface area contributed by atoms with Crippen molar-refractivity contribution in [1.82, 2.24) is 15.2 Å². The van der Waals surface area contributed by atoms with Crippen molar-refractivity contribution in [3.63, 3.8) is 0 Å². The monoisotopic (exact) mass is 482 g/mol. The second-order valence-corrected chi connectivity index (χ2v) is 9.59. The molecule has 1 aliphatic heterocycles. The summed E-state index contributed by atoms with van der Waals surface area (Å²) < 4.78 is 5.35. The molecule has 2 aromatic rings. The maximum absolute atomic E-state index is 13.3. The van der Waals surface area contributed by atoms with E-state index in [-0.39, 0.29) is 31.6 Å². The van der Waals surface area contributed by atoms with E-state index >= 15 is 0 Å². The van der Waals surface area contributed by atoms with Gasteiger partial charge in [-0.3, -0.25) is 14.6 Å². The van der Waals surface area contributed by atoms with E-state index in [2.05, 4.69) is 10.3 Å². The van der Waals surface area contributed by atoms with Gasteiger partial charge in [-0.05, 0) is 54.5 Å². The molecule has 8 nitrogen and oxygen atoms in total. The molecule has 1 saturated carbocycles. The quantitative estimate of drug-likeness (QED) is 0.529. The molecule has 3 heterocycles. The summed E-state index contributed by atoms with van der Waals surface area (Å²) in [5.74, 6) is 0.938. The van der Waals surface area contributed by atoms with Crippen LogP contribution in [0, 0.1) is 11.8 Å². The molecule has 2 amide bonds. The molecule has 8 heteroatoms. The van der Waals surface area contributed by atoms with Crippen molar-refractivity contribution >= 4 is 18.1 Å². The lowest BCUT2D eigenvalue weighted by Gasteiger charge is -2.27. The van der Waals surface area contributed by atoms with Gasteiger partial charge in [0.15, 0.2) is 0 Å². The highest BCUT2D eigenvalue weighted by atomic mass is 16.3. The van der Waals surface area contributed by atoms with E-state index in [9.17, 15) is 14.4 Å². The van der Waals surface area contributed by atoms with Crippen molar-refractivity contribution in [2.75, 3.05) is 6.54 Å². The predicted octanol–water partition coefficient (Wildman–Crippen LogP) is 3.42. The molecular weight excluding hydrogens is 444 g/mol. The summed E-state index contributed by atoms with van der Waals surface area (Å²) in [6.45, 7) is 0.558. The van der Waals surface area contributed by atoms with E-state index in [1.54, 1.807) is 29.4 Å². The van der Waals surface area contributed by atoms with Gasteiger partial charge in [0.2, 0.25) is 11.8 Å². The van der Waals surface area contributed by atoms with Gasteiger partial charge in [-0.15, -0.1) is 0 Å². The molecule has 35 heavy (non-hydrogen) atoms. The third-order valence-corrected chi connectivity index (χ3v) is 7.27. The molecule has 2 fully saturated rings. The van der Waals surface area contributed by atoms with E-state index in [0.717, 1.165) is 24.7 Å². The number of hydrogen-bond acceptors (Lipinski definition) is 6. The van der Waals surface area contributed by atoms with Crippen LogP contribution in [0.4, 0.5) is 0 Å². The average molecular weight is 483 g/mol. The van der Waals surface area contributed by atoms with Gasteiger partial charge in [0.1, 0.15) is 18.1 Å². The second kappa shape index (κ2) is 12.6. The molecule has 0 aromatic carbocycles. The SMILES string of the molecule is C.NC(CC(=O)N1CC(C2CCCCC2)C[C@H]1C(=O)N[C@H](C=O)Cc1ccncc1)c1ccco1. The van der Waals surface area contributed by atoms with Crippen molar-refractivity contribution in [1.29, 1.82) is 0 Å². The number of nitrogens with zero attached hydrogens (tertiary/aromatic N) is 2. The lowest BCUT2D eigenvalue weighted by atomic mass is 9.79. The number of carbonyl (C=O) groups is 3. The van der Waals surface area contributed by atoms with Crippen molar-refractivity contribution in [3.05, 3.63) is 54.2 Å². The lowest BCUT2D eigenvalue weighted by Crippen LogP contribution is -2.50. The number of rotatable bonds is 9. The minimum atomic E-state index is -0.661. The number of pyridine rings is 1. The summed E-state index contributed by atoms with van der Waals surface area (Å²) in [5, 5.41) is 2.88. The van der Waals surface area contributed by atoms with Gasteiger partial charge in [0.05, 0.1) is 18.3 Å². The van der Waals surface area contributed by atoms with E-state index in [1.165, 1.54) is 25.5 Å². The van der Waals surface area contributed by atoms with Gasteiger partial charge in [-0.1, -0.05) is 39.5 Å². The third kappa shape index (κ3) is 6.78. The number of amides is 2. The molecular formula is C27H38N4O4. The standard InChI is InChI=1S/C26H34N4O4.CH4/c27-22(24-7-4-12-34-24)15-25(32)30-16-20(19-5-2-1-3-6-19)14-23(30)26(33)29-21(17-31)13-18-8-10-28-11-9-18;/h4,7-12,17,19-23H,1-3,5-6,13-16,27H2,(H,29,33);1H4/t20?,21-,22?,23-;/m0./s1. The zero-order valence-electron chi connectivity index (χ0n) is 19.5. The maximum Gasteiger partial charge on any atom is 0.243 e. The molecule has 0 bridgehead atoms.